The highest BCUT2D eigenvalue weighted by molar-refractivity contribution is 6.28. The zero-order valence-electron chi connectivity index (χ0n) is 20.3. The van der Waals surface area contributed by atoms with Gasteiger partial charge < -0.3 is 4.90 Å². The molecule has 0 aromatic heterocycles. The van der Waals surface area contributed by atoms with Crippen molar-refractivity contribution in [1.82, 2.24) is 5.32 Å². The maximum atomic E-state index is 14.4. The molecule has 7 rings (SSSR count). The molecule has 6 heteroatoms. The van der Waals surface area contributed by atoms with E-state index in [9.17, 15) is 14.4 Å². The minimum Gasteiger partial charge on any atom is -0.306 e. The van der Waals surface area contributed by atoms with Crippen LogP contribution in [0.3, 0.4) is 0 Å². The van der Waals surface area contributed by atoms with E-state index in [1.807, 2.05) is 104 Å². The zero-order chi connectivity index (χ0) is 25.3. The molecule has 2 fully saturated rings. The molecule has 3 amide bonds. The summed E-state index contributed by atoms with van der Waals surface area (Å²) in [5.74, 6) is -2.23. The number of anilines is 2. The number of nitrogens with zero attached hydrogens (tertiary/aromatic N) is 2. The number of para-hydroxylation sites is 1. The first-order valence-corrected chi connectivity index (χ1v) is 12.6. The van der Waals surface area contributed by atoms with Gasteiger partial charge in [0, 0.05) is 22.7 Å². The van der Waals surface area contributed by atoms with Gasteiger partial charge in [0.1, 0.15) is 5.54 Å². The molecule has 4 aromatic carbocycles. The predicted octanol–water partition coefficient (Wildman–Crippen LogP) is 4.38. The average Bonchev–Trinajstić information content (AvgIpc) is 3.47. The van der Waals surface area contributed by atoms with Gasteiger partial charge in [-0.25, -0.2) is 4.90 Å². The molecule has 1 N–H and O–H groups in total. The lowest BCUT2D eigenvalue weighted by Crippen LogP contribution is -2.54. The SMILES string of the molecule is C[C@H]1N[C@]2(C(=O)N(Cc3ccccc3)c3ccccc32)[C@@H]2C(=O)N(c3cccc4ccccc34)C(=O)[C@H]21. The highest BCUT2D eigenvalue weighted by atomic mass is 16.2. The number of amides is 3. The van der Waals surface area contributed by atoms with Crippen LogP contribution in [0.15, 0.2) is 97.1 Å². The molecule has 0 radical (unpaired) electrons. The molecule has 4 atom stereocenters. The summed E-state index contributed by atoms with van der Waals surface area (Å²) >= 11 is 0. The quantitative estimate of drug-likeness (QED) is 0.436. The van der Waals surface area contributed by atoms with Crippen LogP contribution >= 0.6 is 0 Å². The average molecular weight is 488 g/mol. The van der Waals surface area contributed by atoms with Crippen molar-refractivity contribution in [3.63, 3.8) is 0 Å². The van der Waals surface area contributed by atoms with Crippen molar-refractivity contribution in [3.8, 4) is 0 Å². The second kappa shape index (κ2) is 7.85. The summed E-state index contributed by atoms with van der Waals surface area (Å²) in [5, 5.41) is 5.26. The first-order valence-electron chi connectivity index (χ1n) is 12.6. The Labute approximate surface area is 214 Å². The molecule has 3 aliphatic heterocycles. The fourth-order valence-corrected chi connectivity index (χ4v) is 6.67. The normalized spacial score (nSPS) is 26.4. The molecule has 37 heavy (non-hydrogen) atoms. The maximum Gasteiger partial charge on any atom is 0.253 e. The Morgan fingerprint density at radius 1 is 0.757 bits per heavy atom. The Bertz CT molecular complexity index is 1590. The van der Waals surface area contributed by atoms with Gasteiger partial charge in [0.25, 0.3) is 5.91 Å². The van der Waals surface area contributed by atoms with E-state index in [1.165, 1.54) is 4.90 Å². The minimum absolute atomic E-state index is 0.183. The Kier molecular flexibility index (Phi) is 4.66. The third kappa shape index (κ3) is 2.87. The monoisotopic (exact) mass is 487 g/mol. The van der Waals surface area contributed by atoms with Crippen LogP contribution in [0.25, 0.3) is 10.8 Å². The number of carbonyl (C=O) groups is 3. The second-order valence-corrected chi connectivity index (χ2v) is 10.1. The molecule has 0 unspecified atom stereocenters. The van der Waals surface area contributed by atoms with E-state index >= 15 is 0 Å². The first-order chi connectivity index (χ1) is 18.0. The molecular weight excluding hydrogens is 462 g/mol. The summed E-state index contributed by atoms with van der Waals surface area (Å²) in [6.45, 7) is 2.29. The van der Waals surface area contributed by atoms with E-state index in [2.05, 4.69) is 5.32 Å². The highest BCUT2D eigenvalue weighted by Crippen LogP contribution is 2.55. The Balaban J connectivity index is 1.37. The third-order valence-corrected chi connectivity index (χ3v) is 8.20. The summed E-state index contributed by atoms with van der Waals surface area (Å²) < 4.78 is 0. The van der Waals surface area contributed by atoms with Crippen LogP contribution in [0.4, 0.5) is 11.4 Å². The van der Waals surface area contributed by atoms with E-state index in [-0.39, 0.29) is 23.8 Å². The highest BCUT2D eigenvalue weighted by Gasteiger charge is 2.71. The summed E-state index contributed by atoms with van der Waals surface area (Å²) in [5.41, 5.74) is 1.82. The molecule has 182 valence electrons. The lowest BCUT2D eigenvalue weighted by atomic mass is 9.76. The number of hydrogen-bond acceptors (Lipinski definition) is 4. The zero-order valence-corrected chi connectivity index (χ0v) is 20.3. The standard InChI is InChI=1S/C31H25N3O3/c1-19-26-27(29(36)34(28(26)35)24-17-9-13-21-12-5-6-14-22(21)24)31(32-19)23-15-7-8-16-25(23)33(30(31)37)18-20-10-3-2-4-11-20/h2-17,19,26-27,32H,18H2,1H3/t19-,26+,27+,31+/m1/s1. The maximum absolute atomic E-state index is 14.4. The molecule has 1 spiro atoms. The third-order valence-electron chi connectivity index (χ3n) is 8.20. The minimum atomic E-state index is -1.29. The van der Waals surface area contributed by atoms with Gasteiger partial charge in [-0.15, -0.1) is 0 Å². The number of rotatable bonds is 3. The Hall–Kier alpha value is -4.29. The molecule has 4 aromatic rings. The smallest absolute Gasteiger partial charge is 0.253 e. The number of benzene rings is 4. The number of nitrogens with one attached hydrogen (secondary N) is 1. The summed E-state index contributed by atoms with van der Waals surface area (Å²) in [6.07, 6.45) is 0. The summed E-state index contributed by atoms with van der Waals surface area (Å²) in [4.78, 5) is 45.6. The molecule has 6 nitrogen and oxygen atoms in total. The lowest BCUT2D eigenvalue weighted by Gasteiger charge is -2.30. The fraction of sp³-hybridized carbons (Fsp3) is 0.194. The van der Waals surface area contributed by atoms with Crippen LogP contribution in [0.2, 0.25) is 0 Å². The number of imide groups is 1. The van der Waals surface area contributed by atoms with Crippen molar-refractivity contribution in [3.05, 3.63) is 108 Å². The van der Waals surface area contributed by atoms with Crippen molar-refractivity contribution in [1.29, 1.82) is 0 Å². The van der Waals surface area contributed by atoms with Crippen LogP contribution < -0.4 is 15.1 Å². The topological polar surface area (TPSA) is 69.7 Å². The number of carbonyl (C=O) groups excluding carboxylic acids is 3. The van der Waals surface area contributed by atoms with Crippen LogP contribution in [-0.4, -0.2) is 23.8 Å². The van der Waals surface area contributed by atoms with Gasteiger partial charge in [0.2, 0.25) is 11.8 Å². The van der Waals surface area contributed by atoms with Crippen LogP contribution in [0.5, 0.6) is 0 Å². The van der Waals surface area contributed by atoms with E-state index in [0.717, 1.165) is 27.6 Å². The van der Waals surface area contributed by atoms with Crippen molar-refractivity contribution < 1.29 is 14.4 Å². The van der Waals surface area contributed by atoms with E-state index < -0.39 is 17.4 Å². The molecule has 0 aliphatic carbocycles. The van der Waals surface area contributed by atoms with Crippen LogP contribution in [-0.2, 0) is 26.5 Å². The Morgan fingerprint density at radius 2 is 1.43 bits per heavy atom. The number of fused-ring (bicyclic) bond motifs is 5. The van der Waals surface area contributed by atoms with E-state index in [1.54, 1.807) is 4.90 Å². The van der Waals surface area contributed by atoms with Gasteiger partial charge in [0.15, 0.2) is 0 Å². The van der Waals surface area contributed by atoms with Gasteiger partial charge in [0.05, 0.1) is 24.1 Å². The van der Waals surface area contributed by atoms with Gasteiger partial charge in [-0.1, -0.05) is 84.9 Å². The summed E-state index contributed by atoms with van der Waals surface area (Å²) in [6, 6.07) is 30.5. The van der Waals surface area contributed by atoms with Gasteiger partial charge in [-0.05, 0) is 30.0 Å². The fourth-order valence-electron chi connectivity index (χ4n) is 6.67. The van der Waals surface area contributed by atoms with Crippen molar-refractivity contribution in [2.75, 3.05) is 9.80 Å². The Morgan fingerprint density at radius 3 is 2.27 bits per heavy atom. The lowest BCUT2D eigenvalue weighted by molar-refractivity contribution is -0.132. The molecule has 3 heterocycles. The molecule has 0 saturated carbocycles. The predicted molar refractivity (Wildman–Crippen MR) is 142 cm³/mol. The van der Waals surface area contributed by atoms with Gasteiger partial charge in [-0.3, -0.25) is 19.7 Å². The van der Waals surface area contributed by atoms with Crippen LogP contribution in [0.1, 0.15) is 18.1 Å². The first kappa shape index (κ1) is 21.9. The van der Waals surface area contributed by atoms with Crippen molar-refractivity contribution in [2.24, 2.45) is 11.8 Å². The number of hydrogen-bond donors (Lipinski definition) is 1. The largest absolute Gasteiger partial charge is 0.306 e. The molecule has 0 bridgehead atoms. The van der Waals surface area contributed by atoms with Crippen molar-refractivity contribution >= 4 is 39.9 Å². The van der Waals surface area contributed by atoms with E-state index in [0.29, 0.717) is 12.2 Å². The van der Waals surface area contributed by atoms with E-state index in [4.69, 9.17) is 0 Å². The second-order valence-electron chi connectivity index (χ2n) is 10.1. The summed E-state index contributed by atoms with van der Waals surface area (Å²) in [7, 11) is 0. The van der Waals surface area contributed by atoms with Crippen LogP contribution in [0, 0.1) is 11.8 Å². The van der Waals surface area contributed by atoms with Gasteiger partial charge >= 0.3 is 0 Å². The molecule has 3 aliphatic rings. The molecular formula is C31H25N3O3. The molecule has 2 saturated heterocycles. The van der Waals surface area contributed by atoms with Crippen molar-refractivity contribution in [2.45, 2.75) is 25.0 Å². The van der Waals surface area contributed by atoms with Gasteiger partial charge in [-0.2, -0.15) is 0 Å².